The van der Waals surface area contributed by atoms with Crippen molar-refractivity contribution < 1.29 is 4.74 Å². The van der Waals surface area contributed by atoms with Crippen molar-refractivity contribution in [3.8, 4) is 0 Å². The molecule has 0 aliphatic rings. The fourth-order valence-corrected chi connectivity index (χ4v) is 1.76. The summed E-state index contributed by atoms with van der Waals surface area (Å²) in [6, 6.07) is 0. The molecule has 0 spiro atoms. The molecule has 0 amide bonds. The van der Waals surface area contributed by atoms with Crippen molar-refractivity contribution in [3.63, 3.8) is 0 Å². The van der Waals surface area contributed by atoms with Gasteiger partial charge in [0.1, 0.15) is 0 Å². The van der Waals surface area contributed by atoms with Crippen LogP contribution in [-0.2, 0) is 4.74 Å². The number of nitrogens with zero attached hydrogens (tertiary/aromatic N) is 1. The quantitative estimate of drug-likeness (QED) is 0.457. The second kappa shape index (κ2) is 12.1. The molecule has 0 unspecified atom stereocenters. The Bertz CT molecular complexity index is 191. The SMILES string of the molecule is CCCN(CC)CCNC(=S)NCCCOC. The lowest BCUT2D eigenvalue weighted by molar-refractivity contribution is 0.195. The molecule has 0 aromatic heterocycles. The maximum absolute atomic E-state index is 5.17. The number of hydrogen-bond acceptors (Lipinski definition) is 3. The molecule has 0 saturated heterocycles. The Morgan fingerprint density at radius 2 is 1.88 bits per heavy atom. The molecule has 4 nitrogen and oxygen atoms in total. The number of ether oxygens (including phenoxy) is 1. The highest BCUT2D eigenvalue weighted by molar-refractivity contribution is 7.80. The first kappa shape index (κ1) is 16.6. The average Bonchev–Trinajstić information content (AvgIpc) is 2.33. The summed E-state index contributed by atoms with van der Waals surface area (Å²) in [4.78, 5) is 2.42. The maximum atomic E-state index is 5.17. The second-order valence-electron chi connectivity index (χ2n) is 3.96. The van der Waals surface area contributed by atoms with Gasteiger partial charge in [-0.05, 0) is 38.1 Å². The van der Waals surface area contributed by atoms with Crippen molar-refractivity contribution >= 4 is 17.3 Å². The lowest BCUT2D eigenvalue weighted by Crippen LogP contribution is -2.40. The van der Waals surface area contributed by atoms with Crippen LogP contribution >= 0.6 is 12.2 Å². The van der Waals surface area contributed by atoms with Gasteiger partial charge in [0, 0.05) is 33.4 Å². The molecule has 0 aliphatic carbocycles. The molecule has 2 N–H and O–H groups in total. The van der Waals surface area contributed by atoms with Gasteiger partial charge in [0.25, 0.3) is 0 Å². The van der Waals surface area contributed by atoms with E-state index in [1.54, 1.807) is 7.11 Å². The molecule has 0 aliphatic heterocycles. The van der Waals surface area contributed by atoms with Crippen LogP contribution in [0.2, 0.25) is 0 Å². The molecule has 0 aromatic carbocycles. The summed E-state index contributed by atoms with van der Waals surface area (Å²) in [6.07, 6.45) is 2.18. The van der Waals surface area contributed by atoms with Crippen molar-refractivity contribution in [2.24, 2.45) is 0 Å². The number of methoxy groups -OCH3 is 1. The van der Waals surface area contributed by atoms with Crippen molar-refractivity contribution in [2.45, 2.75) is 26.7 Å². The van der Waals surface area contributed by atoms with Gasteiger partial charge in [-0.25, -0.2) is 0 Å². The van der Waals surface area contributed by atoms with Crippen LogP contribution in [-0.4, -0.2) is 56.5 Å². The van der Waals surface area contributed by atoms with E-state index in [1.807, 2.05) is 0 Å². The predicted octanol–water partition coefficient (Wildman–Crippen LogP) is 1.22. The van der Waals surface area contributed by atoms with Crippen LogP contribution in [0.4, 0.5) is 0 Å². The number of rotatable bonds is 10. The smallest absolute Gasteiger partial charge is 0.166 e. The summed E-state index contributed by atoms with van der Waals surface area (Å²) in [5, 5.41) is 7.13. The molecule has 0 bridgehead atoms. The Balaban J connectivity index is 3.42. The van der Waals surface area contributed by atoms with Crippen LogP contribution < -0.4 is 10.6 Å². The highest BCUT2D eigenvalue weighted by Gasteiger charge is 2.00. The Morgan fingerprint density at radius 1 is 1.18 bits per heavy atom. The minimum atomic E-state index is 0.744. The number of nitrogens with one attached hydrogen (secondary N) is 2. The molecular weight excluding hydrogens is 234 g/mol. The highest BCUT2D eigenvalue weighted by atomic mass is 32.1. The first-order valence-electron chi connectivity index (χ1n) is 6.47. The molecule has 0 fully saturated rings. The van der Waals surface area contributed by atoms with Crippen LogP contribution in [0.25, 0.3) is 0 Å². The van der Waals surface area contributed by atoms with E-state index in [0.717, 1.165) is 50.9 Å². The lowest BCUT2D eigenvalue weighted by Gasteiger charge is -2.20. The van der Waals surface area contributed by atoms with Gasteiger partial charge in [-0.3, -0.25) is 0 Å². The third kappa shape index (κ3) is 10.5. The molecule has 0 radical (unpaired) electrons. The van der Waals surface area contributed by atoms with Gasteiger partial charge in [0.05, 0.1) is 0 Å². The molecule has 102 valence electrons. The summed E-state index contributed by atoms with van der Waals surface area (Å²) in [6.45, 7) is 10.3. The van der Waals surface area contributed by atoms with Gasteiger partial charge in [0.2, 0.25) is 0 Å². The third-order valence-electron chi connectivity index (χ3n) is 2.51. The number of likely N-dealkylation sites (N-methyl/N-ethyl adjacent to an activating group) is 1. The number of hydrogen-bond donors (Lipinski definition) is 2. The first-order valence-corrected chi connectivity index (χ1v) is 6.88. The maximum Gasteiger partial charge on any atom is 0.166 e. The summed E-state index contributed by atoms with van der Waals surface area (Å²) in [7, 11) is 1.71. The topological polar surface area (TPSA) is 36.5 Å². The van der Waals surface area contributed by atoms with Gasteiger partial charge >= 0.3 is 0 Å². The zero-order valence-electron chi connectivity index (χ0n) is 11.4. The molecule has 0 rings (SSSR count). The molecule has 17 heavy (non-hydrogen) atoms. The Labute approximate surface area is 111 Å². The van der Waals surface area contributed by atoms with Crippen LogP contribution in [0.1, 0.15) is 26.7 Å². The third-order valence-corrected chi connectivity index (χ3v) is 2.80. The standard InChI is InChI=1S/C12H27N3OS/c1-4-9-15(5-2)10-8-14-12(17)13-7-6-11-16-3/h4-11H2,1-3H3,(H2,13,14,17). The summed E-state index contributed by atoms with van der Waals surface area (Å²) in [5.74, 6) is 0. The Morgan fingerprint density at radius 3 is 2.47 bits per heavy atom. The monoisotopic (exact) mass is 261 g/mol. The van der Waals surface area contributed by atoms with Crippen molar-refractivity contribution in [1.82, 2.24) is 15.5 Å². The highest BCUT2D eigenvalue weighted by Crippen LogP contribution is 1.88. The van der Waals surface area contributed by atoms with E-state index in [0.29, 0.717) is 0 Å². The minimum Gasteiger partial charge on any atom is -0.385 e. The van der Waals surface area contributed by atoms with Crippen LogP contribution in [0, 0.1) is 0 Å². The summed E-state index contributed by atoms with van der Waals surface area (Å²) < 4.78 is 4.97. The zero-order chi connectivity index (χ0) is 12.9. The number of thiocarbonyl (C=S) groups is 1. The first-order chi connectivity index (χ1) is 8.24. The fourth-order valence-electron chi connectivity index (χ4n) is 1.55. The van der Waals surface area contributed by atoms with Crippen molar-refractivity contribution in [2.75, 3.05) is 46.4 Å². The normalized spacial score (nSPS) is 10.6. The molecular formula is C12H27N3OS. The lowest BCUT2D eigenvalue weighted by atomic mass is 10.4. The molecule has 0 atom stereocenters. The van der Waals surface area contributed by atoms with Crippen LogP contribution in [0.3, 0.4) is 0 Å². The molecule has 0 heterocycles. The van der Waals surface area contributed by atoms with E-state index in [4.69, 9.17) is 17.0 Å². The van der Waals surface area contributed by atoms with E-state index in [1.165, 1.54) is 6.42 Å². The van der Waals surface area contributed by atoms with E-state index in [-0.39, 0.29) is 0 Å². The minimum absolute atomic E-state index is 0.744. The van der Waals surface area contributed by atoms with Crippen molar-refractivity contribution in [3.05, 3.63) is 0 Å². The Hall–Kier alpha value is -0.390. The average molecular weight is 261 g/mol. The van der Waals surface area contributed by atoms with Gasteiger partial charge in [0.15, 0.2) is 5.11 Å². The van der Waals surface area contributed by atoms with E-state index in [2.05, 4.69) is 29.4 Å². The van der Waals surface area contributed by atoms with Crippen LogP contribution in [0.5, 0.6) is 0 Å². The van der Waals surface area contributed by atoms with Gasteiger partial charge in [-0.15, -0.1) is 0 Å². The van der Waals surface area contributed by atoms with Gasteiger partial charge in [-0.2, -0.15) is 0 Å². The van der Waals surface area contributed by atoms with Crippen molar-refractivity contribution in [1.29, 1.82) is 0 Å². The second-order valence-corrected chi connectivity index (χ2v) is 4.37. The van der Waals surface area contributed by atoms with E-state index >= 15 is 0 Å². The zero-order valence-corrected chi connectivity index (χ0v) is 12.2. The fraction of sp³-hybridized carbons (Fsp3) is 0.917. The van der Waals surface area contributed by atoms with Gasteiger partial charge < -0.3 is 20.3 Å². The van der Waals surface area contributed by atoms with E-state index in [9.17, 15) is 0 Å². The Kier molecular flexibility index (Phi) is 11.8. The van der Waals surface area contributed by atoms with Gasteiger partial charge in [-0.1, -0.05) is 13.8 Å². The van der Waals surface area contributed by atoms with Crippen LogP contribution in [0.15, 0.2) is 0 Å². The summed E-state index contributed by atoms with van der Waals surface area (Å²) >= 11 is 5.17. The molecule has 0 saturated carbocycles. The summed E-state index contributed by atoms with van der Waals surface area (Å²) in [5.41, 5.74) is 0. The molecule has 0 aromatic rings. The largest absolute Gasteiger partial charge is 0.385 e. The predicted molar refractivity (Wildman–Crippen MR) is 77.5 cm³/mol. The van der Waals surface area contributed by atoms with E-state index < -0.39 is 0 Å². The molecule has 5 heteroatoms.